The summed E-state index contributed by atoms with van der Waals surface area (Å²) in [5, 5.41) is 7.18. The lowest BCUT2D eigenvalue weighted by atomic mass is 9.98. The maximum absolute atomic E-state index is 6.73. The third-order valence-electron chi connectivity index (χ3n) is 10.3. The Balaban J connectivity index is 1.11. The summed E-state index contributed by atoms with van der Waals surface area (Å²) in [7, 11) is 0. The molecule has 1 heterocycles. The number of hydrogen-bond donors (Lipinski definition) is 0. The first-order valence-electron chi connectivity index (χ1n) is 17.8. The van der Waals surface area contributed by atoms with Crippen molar-refractivity contribution in [2.45, 2.75) is 0 Å². The quantitative estimate of drug-likeness (QED) is 0.176. The molecule has 244 valence electrons. The second-order valence-electron chi connectivity index (χ2n) is 13.4. The highest BCUT2D eigenvalue weighted by Gasteiger charge is 2.20. The van der Waals surface area contributed by atoms with Crippen LogP contribution in [0.2, 0.25) is 0 Å². The molecule has 0 aliphatic rings. The predicted octanol–water partition coefficient (Wildman–Crippen LogP) is 14.4. The molecule has 0 bridgehead atoms. The highest BCUT2D eigenvalue weighted by molar-refractivity contribution is 6.11. The van der Waals surface area contributed by atoms with Crippen molar-refractivity contribution in [1.82, 2.24) is 0 Å². The van der Waals surface area contributed by atoms with E-state index >= 15 is 0 Å². The van der Waals surface area contributed by atoms with Crippen molar-refractivity contribution in [3.05, 3.63) is 200 Å². The van der Waals surface area contributed by atoms with Crippen LogP contribution in [-0.2, 0) is 0 Å². The standard InChI is InChI=1S/C50H33NO/c1-2-10-34(11-3-1)41-26-31-49-47(33-41)46-18-9-19-48(50(46)52-49)51(42-27-22-36(23-28-42)40-21-20-35-12-4-5-14-39(35)32-40)43-29-24-38(25-30-43)45-17-8-15-37-13-6-7-16-44(37)45/h1-33H. The Kier molecular flexibility index (Phi) is 7.18. The van der Waals surface area contributed by atoms with E-state index in [-0.39, 0.29) is 0 Å². The Labute approximate surface area is 302 Å². The second kappa shape index (κ2) is 12.5. The number of furan rings is 1. The van der Waals surface area contributed by atoms with Crippen LogP contribution in [0.15, 0.2) is 205 Å². The highest BCUT2D eigenvalue weighted by atomic mass is 16.3. The average Bonchev–Trinajstić information content (AvgIpc) is 3.60. The predicted molar refractivity (Wildman–Crippen MR) is 220 cm³/mol. The fraction of sp³-hybridized carbons (Fsp3) is 0. The van der Waals surface area contributed by atoms with Gasteiger partial charge < -0.3 is 9.32 Å². The fourth-order valence-electron chi connectivity index (χ4n) is 7.64. The topological polar surface area (TPSA) is 16.4 Å². The van der Waals surface area contributed by atoms with Crippen molar-refractivity contribution >= 4 is 60.5 Å². The van der Waals surface area contributed by atoms with E-state index in [1.54, 1.807) is 0 Å². The van der Waals surface area contributed by atoms with E-state index in [1.165, 1.54) is 54.9 Å². The Hall–Kier alpha value is -6.90. The molecule has 0 aliphatic heterocycles. The zero-order valence-corrected chi connectivity index (χ0v) is 28.4. The molecule has 0 unspecified atom stereocenters. The Morgan fingerprint density at radius 2 is 0.904 bits per heavy atom. The first-order chi connectivity index (χ1) is 25.8. The third-order valence-corrected chi connectivity index (χ3v) is 10.3. The van der Waals surface area contributed by atoms with Crippen molar-refractivity contribution in [3.63, 3.8) is 0 Å². The number of anilines is 3. The Bertz CT molecular complexity index is 2880. The minimum absolute atomic E-state index is 0.861. The molecule has 1 aromatic heterocycles. The summed E-state index contributed by atoms with van der Waals surface area (Å²) in [6.45, 7) is 0. The molecule has 0 aliphatic carbocycles. The molecule has 2 heteroatoms. The number of para-hydroxylation sites is 1. The summed E-state index contributed by atoms with van der Waals surface area (Å²) in [6.07, 6.45) is 0. The van der Waals surface area contributed by atoms with Gasteiger partial charge in [-0.1, -0.05) is 152 Å². The first kappa shape index (κ1) is 30.0. The molecule has 52 heavy (non-hydrogen) atoms. The van der Waals surface area contributed by atoms with Gasteiger partial charge in [0.15, 0.2) is 5.58 Å². The third kappa shape index (κ3) is 5.21. The number of hydrogen-bond acceptors (Lipinski definition) is 2. The highest BCUT2D eigenvalue weighted by Crippen LogP contribution is 2.44. The van der Waals surface area contributed by atoms with Crippen LogP contribution in [0.4, 0.5) is 17.1 Å². The number of rotatable bonds is 6. The van der Waals surface area contributed by atoms with Gasteiger partial charge in [0.1, 0.15) is 5.58 Å². The summed E-state index contributed by atoms with van der Waals surface area (Å²) in [5.41, 5.74) is 12.0. The molecular formula is C50H33NO. The van der Waals surface area contributed by atoms with Crippen molar-refractivity contribution < 1.29 is 4.42 Å². The van der Waals surface area contributed by atoms with E-state index < -0.39 is 0 Å². The molecule has 0 atom stereocenters. The van der Waals surface area contributed by atoms with Gasteiger partial charge in [-0.25, -0.2) is 0 Å². The fourth-order valence-corrected chi connectivity index (χ4v) is 7.64. The van der Waals surface area contributed by atoms with Gasteiger partial charge in [-0.2, -0.15) is 0 Å². The lowest BCUT2D eigenvalue weighted by Gasteiger charge is -2.26. The molecular weight excluding hydrogens is 631 g/mol. The van der Waals surface area contributed by atoms with Crippen LogP contribution in [0.5, 0.6) is 0 Å². The molecule has 10 aromatic rings. The monoisotopic (exact) mass is 663 g/mol. The van der Waals surface area contributed by atoms with Crippen LogP contribution >= 0.6 is 0 Å². The molecule has 2 nitrogen and oxygen atoms in total. The van der Waals surface area contributed by atoms with Gasteiger partial charge in [-0.05, 0) is 103 Å². The SMILES string of the molecule is c1ccc(-c2ccc3oc4c(N(c5ccc(-c6ccc7ccccc7c6)cc5)c5ccc(-c6cccc7ccccc67)cc5)cccc4c3c2)cc1. The van der Waals surface area contributed by atoms with E-state index in [1.807, 2.05) is 0 Å². The molecule has 9 aromatic carbocycles. The average molecular weight is 664 g/mol. The van der Waals surface area contributed by atoms with Crippen LogP contribution < -0.4 is 4.90 Å². The summed E-state index contributed by atoms with van der Waals surface area (Å²) in [6, 6.07) is 71.6. The van der Waals surface area contributed by atoms with E-state index in [2.05, 4.69) is 205 Å². The van der Waals surface area contributed by atoms with Gasteiger partial charge in [-0.15, -0.1) is 0 Å². The molecule has 0 amide bonds. The minimum Gasteiger partial charge on any atom is -0.454 e. The molecule has 0 fully saturated rings. The van der Waals surface area contributed by atoms with Gasteiger partial charge in [-0.3, -0.25) is 0 Å². The van der Waals surface area contributed by atoms with Crippen molar-refractivity contribution in [1.29, 1.82) is 0 Å². The Morgan fingerprint density at radius 3 is 1.71 bits per heavy atom. The zero-order valence-electron chi connectivity index (χ0n) is 28.4. The zero-order chi connectivity index (χ0) is 34.4. The summed E-state index contributed by atoms with van der Waals surface area (Å²) in [5.74, 6) is 0. The Morgan fingerprint density at radius 1 is 0.327 bits per heavy atom. The maximum atomic E-state index is 6.73. The smallest absolute Gasteiger partial charge is 0.159 e. The maximum Gasteiger partial charge on any atom is 0.159 e. The van der Waals surface area contributed by atoms with Crippen molar-refractivity contribution in [2.75, 3.05) is 4.90 Å². The van der Waals surface area contributed by atoms with Gasteiger partial charge in [0.2, 0.25) is 0 Å². The van der Waals surface area contributed by atoms with Gasteiger partial charge in [0, 0.05) is 22.1 Å². The van der Waals surface area contributed by atoms with Gasteiger partial charge in [0.05, 0.1) is 5.69 Å². The largest absolute Gasteiger partial charge is 0.454 e. The van der Waals surface area contributed by atoms with Crippen LogP contribution in [0.1, 0.15) is 0 Å². The van der Waals surface area contributed by atoms with Crippen LogP contribution in [0, 0.1) is 0 Å². The van der Waals surface area contributed by atoms with Gasteiger partial charge >= 0.3 is 0 Å². The molecule has 10 rings (SSSR count). The molecule has 0 N–H and O–H groups in total. The first-order valence-corrected chi connectivity index (χ1v) is 17.8. The van der Waals surface area contributed by atoms with Crippen LogP contribution in [0.3, 0.4) is 0 Å². The summed E-state index contributed by atoms with van der Waals surface area (Å²) in [4.78, 5) is 2.32. The van der Waals surface area contributed by atoms with E-state index in [4.69, 9.17) is 4.42 Å². The molecule has 0 saturated heterocycles. The summed E-state index contributed by atoms with van der Waals surface area (Å²) < 4.78 is 6.73. The van der Waals surface area contributed by atoms with Crippen molar-refractivity contribution in [2.24, 2.45) is 0 Å². The lowest BCUT2D eigenvalue weighted by molar-refractivity contribution is 0.669. The number of benzene rings is 9. The molecule has 0 saturated carbocycles. The number of nitrogens with zero attached hydrogens (tertiary/aromatic N) is 1. The lowest BCUT2D eigenvalue weighted by Crippen LogP contribution is -2.10. The summed E-state index contributed by atoms with van der Waals surface area (Å²) >= 11 is 0. The van der Waals surface area contributed by atoms with Crippen LogP contribution in [-0.4, -0.2) is 0 Å². The second-order valence-corrected chi connectivity index (χ2v) is 13.4. The normalized spacial score (nSPS) is 11.5. The van der Waals surface area contributed by atoms with Gasteiger partial charge in [0.25, 0.3) is 0 Å². The van der Waals surface area contributed by atoms with E-state index in [9.17, 15) is 0 Å². The molecule has 0 radical (unpaired) electrons. The number of fused-ring (bicyclic) bond motifs is 5. The van der Waals surface area contributed by atoms with E-state index in [0.717, 1.165) is 39.0 Å². The van der Waals surface area contributed by atoms with Crippen LogP contribution in [0.25, 0.3) is 76.9 Å². The van der Waals surface area contributed by atoms with Crippen molar-refractivity contribution in [3.8, 4) is 33.4 Å². The minimum atomic E-state index is 0.861. The molecule has 0 spiro atoms. The van der Waals surface area contributed by atoms with E-state index in [0.29, 0.717) is 0 Å².